The molecule has 1 aliphatic heterocycles. The lowest BCUT2D eigenvalue weighted by molar-refractivity contribution is 0.396. The topological polar surface area (TPSA) is 43.2 Å². The SMILES string of the molecule is C[CH2][Al]1[O]c2c(cccc2-c2ccccc2)C=NCC(C)(C)CN=Cc2cccc(-c3ccccc3)c2[O]1. The first-order valence-corrected chi connectivity index (χ1v) is 15.0. The molecular weight excluding hydrogens is 483 g/mol. The Kier molecular flexibility index (Phi) is 8.08. The number of aliphatic imine (C=N–C) groups is 2. The maximum absolute atomic E-state index is 6.86. The normalized spacial score (nSPS) is 15.0. The summed E-state index contributed by atoms with van der Waals surface area (Å²) >= 11 is -2.22. The van der Waals surface area contributed by atoms with Gasteiger partial charge in [0.2, 0.25) is 0 Å². The molecule has 4 aromatic carbocycles. The standard InChI is InChI=1S/C31H30N2O2.C2H5.Al/c1-31(2,21-32-19-25-15-9-17-27(29(25)34)23-11-5-3-6-12-23)22-33-20-26-16-10-18-28(30(26)35)24-13-7-4-8-14-24;1-2;/h3-20,34-35H,21-22H2,1-2H3;1H2,2H3;/q;;+2/p-2. The Morgan fingerprint density at radius 2 is 1.08 bits per heavy atom. The molecule has 0 fully saturated rings. The third-order valence-corrected chi connectivity index (χ3v) is 8.26. The molecule has 0 N–H and O–H groups in total. The Balaban J connectivity index is 1.65. The predicted molar refractivity (Wildman–Crippen MR) is 160 cm³/mol. The van der Waals surface area contributed by atoms with Crippen molar-refractivity contribution in [3.05, 3.63) is 108 Å². The fourth-order valence-corrected chi connectivity index (χ4v) is 5.99. The smallest absolute Gasteiger partial charge is 0.611 e. The van der Waals surface area contributed by atoms with E-state index in [1.54, 1.807) is 0 Å². The second-order valence-corrected chi connectivity index (χ2v) is 12.5. The highest BCUT2D eigenvalue weighted by Gasteiger charge is 2.33. The van der Waals surface area contributed by atoms with E-state index in [9.17, 15) is 0 Å². The Morgan fingerprint density at radius 1 is 0.632 bits per heavy atom. The van der Waals surface area contributed by atoms with Crippen molar-refractivity contribution in [3.63, 3.8) is 0 Å². The van der Waals surface area contributed by atoms with Crippen LogP contribution in [-0.2, 0) is 0 Å². The Morgan fingerprint density at radius 3 is 1.50 bits per heavy atom. The Hall–Kier alpha value is -3.65. The van der Waals surface area contributed by atoms with Crippen LogP contribution in [0.15, 0.2) is 107 Å². The van der Waals surface area contributed by atoms with Gasteiger partial charge in [0.1, 0.15) is 0 Å². The second-order valence-electron chi connectivity index (χ2n) is 10.4. The average molecular weight is 517 g/mol. The van der Waals surface area contributed by atoms with E-state index in [2.05, 4.69) is 106 Å². The van der Waals surface area contributed by atoms with Crippen molar-refractivity contribution in [2.24, 2.45) is 15.4 Å². The minimum atomic E-state index is -2.22. The number of benzene rings is 4. The van der Waals surface area contributed by atoms with Gasteiger partial charge in [-0.25, -0.2) is 0 Å². The molecule has 0 bridgehead atoms. The Bertz CT molecular complexity index is 1330. The van der Waals surface area contributed by atoms with Gasteiger partial charge in [0.25, 0.3) is 0 Å². The molecule has 0 saturated carbocycles. The molecule has 5 rings (SSSR count). The summed E-state index contributed by atoms with van der Waals surface area (Å²) in [5.41, 5.74) is 6.17. The van der Waals surface area contributed by atoms with Gasteiger partial charge in [0.15, 0.2) is 0 Å². The summed E-state index contributed by atoms with van der Waals surface area (Å²) in [4.78, 5) is 9.66. The molecular formula is C33H33AlN2O2. The molecule has 4 aromatic rings. The van der Waals surface area contributed by atoms with Gasteiger partial charge in [-0.3, -0.25) is 9.98 Å². The predicted octanol–water partition coefficient (Wildman–Crippen LogP) is 7.86. The van der Waals surface area contributed by atoms with Crippen molar-refractivity contribution >= 4 is 27.2 Å². The van der Waals surface area contributed by atoms with Crippen LogP contribution in [0.3, 0.4) is 0 Å². The first-order valence-electron chi connectivity index (χ1n) is 13.2. The Labute approximate surface area is 230 Å². The summed E-state index contributed by atoms with van der Waals surface area (Å²) < 4.78 is 13.7. The van der Waals surface area contributed by atoms with Crippen LogP contribution in [0, 0.1) is 5.41 Å². The fraction of sp³-hybridized carbons (Fsp3) is 0.212. The molecule has 5 heteroatoms. The van der Waals surface area contributed by atoms with Crippen LogP contribution < -0.4 is 7.58 Å². The monoisotopic (exact) mass is 516 g/mol. The molecule has 0 aromatic heterocycles. The lowest BCUT2D eigenvalue weighted by Gasteiger charge is -2.24. The minimum Gasteiger partial charge on any atom is -0.611 e. The molecule has 0 atom stereocenters. The summed E-state index contributed by atoms with van der Waals surface area (Å²) in [5.74, 6) is 1.67. The van der Waals surface area contributed by atoms with Crippen LogP contribution in [0.5, 0.6) is 11.5 Å². The lowest BCUT2D eigenvalue weighted by atomic mass is 9.94. The van der Waals surface area contributed by atoms with E-state index >= 15 is 0 Å². The molecule has 0 amide bonds. The summed E-state index contributed by atoms with van der Waals surface area (Å²) in [7, 11) is 0. The number of para-hydroxylation sites is 2. The minimum absolute atomic E-state index is 0.0893. The number of fused-ring (bicyclic) bond motifs is 2. The molecule has 1 aliphatic rings. The summed E-state index contributed by atoms with van der Waals surface area (Å²) in [6, 6.07) is 33.3. The third kappa shape index (κ3) is 6.07. The van der Waals surface area contributed by atoms with Crippen molar-refractivity contribution in [1.82, 2.24) is 0 Å². The van der Waals surface area contributed by atoms with E-state index in [0.717, 1.165) is 50.2 Å². The maximum atomic E-state index is 6.86. The van der Waals surface area contributed by atoms with Crippen molar-refractivity contribution in [2.45, 2.75) is 26.1 Å². The molecule has 0 aliphatic carbocycles. The van der Waals surface area contributed by atoms with Crippen molar-refractivity contribution in [1.29, 1.82) is 0 Å². The largest absolute Gasteiger partial charge is 0.856 e. The van der Waals surface area contributed by atoms with Gasteiger partial charge in [-0.15, -0.1) is 0 Å². The van der Waals surface area contributed by atoms with Crippen LogP contribution in [-0.4, -0.2) is 40.3 Å². The van der Waals surface area contributed by atoms with Crippen molar-refractivity contribution in [2.75, 3.05) is 13.1 Å². The van der Waals surface area contributed by atoms with Gasteiger partial charge in [0.05, 0.1) is 11.5 Å². The van der Waals surface area contributed by atoms with Crippen LogP contribution in [0.4, 0.5) is 0 Å². The molecule has 190 valence electrons. The first-order chi connectivity index (χ1) is 18.5. The van der Waals surface area contributed by atoms with Crippen LogP contribution >= 0.6 is 0 Å². The molecule has 0 radical (unpaired) electrons. The number of hydrogen-bond acceptors (Lipinski definition) is 4. The van der Waals surface area contributed by atoms with Gasteiger partial charge in [-0.05, 0) is 28.5 Å². The van der Waals surface area contributed by atoms with Gasteiger partial charge in [0, 0.05) is 53.2 Å². The molecule has 1 heterocycles. The van der Waals surface area contributed by atoms with Crippen LogP contribution in [0.25, 0.3) is 22.3 Å². The highest BCUT2D eigenvalue weighted by atomic mass is 27.2. The average Bonchev–Trinajstić information content (AvgIpc) is 2.94. The molecule has 4 nitrogen and oxygen atoms in total. The second kappa shape index (κ2) is 11.8. The summed E-state index contributed by atoms with van der Waals surface area (Å²) in [6.45, 7) is 7.87. The van der Waals surface area contributed by atoms with Crippen molar-refractivity contribution < 1.29 is 7.58 Å². The number of nitrogens with zero attached hydrogens (tertiary/aromatic N) is 2. The zero-order valence-corrected chi connectivity index (χ0v) is 23.5. The maximum Gasteiger partial charge on any atom is 0.856 e. The fourth-order valence-electron chi connectivity index (χ4n) is 4.55. The highest BCUT2D eigenvalue weighted by Crippen LogP contribution is 2.36. The van der Waals surface area contributed by atoms with E-state index < -0.39 is 14.8 Å². The molecule has 0 unspecified atom stereocenters. The van der Waals surface area contributed by atoms with Gasteiger partial charge in [-0.1, -0.05) is 106 Å². The number of rotatable bonds is 3. The summed E-state index contributed by atoms with van der Waals surface area (Å²) in [5, 5.41) is 0.798. The quantitative estimate of drug-likeness (QED) is 0.260. The van der Waals surface area contributed by atoms with Gasteiger partial charge >= 0.3 is 14.8 Å². The first kappa shape index (κ1) is 26.0. The van der Waals surface area contributed by atoms with E-state index in [1.807, 2.05) is 24.6 Å². The zero-order valence-electron chi connectivity index (χ0n) is 22.3. The van der Waals surface area contributed by atoms with Crippen LogP contribution in [0.2, 0.25) is 5.28 Å². The van der Waals surface area contributed by atoms with E-state index in [-0.39, 0.29) is 5.41 Å². The van der Waals surface area contributed by atoms with Gasteiger partial charge in [-0.2, -0.15) is 0 Å². The van der Waals surface area contributed by atoms with Crippen molar-refractivity contribution in [3.8, 4) is 33.8 Å². The van der Waals surface area contributed by atoms with E-state index in [4.69, 9.17) is 17.6 Å². The van der Waals surface area contributed by atoms with E-state index in [1.165, 1.54) is 0 Å². The molecule has 38 heavy (non-hydrogen) atoms. The third-order valence-electron chi connectivity index (χ3n) is 6.59. The highest BCUT2D eigenvalue weighted by molar-refractivity contribution is 6.46. The lowest BCUT2D eigenvalue weighted by Crippen LogP contribution is -2.30. The zero-order chi connectivity index (χ0) is 26.4. The molecule has 0 saturated heterocycles. The molecule has 0 spiro atoms. The van der Waals surface area contributed by atoms with E-state index in [0.29, 0.717) is 13.1 Å². The summed E-state index contributed by atoms with van der Waals surface area (Å²) in [6.07, 6.45) is 3.90. The van der Waals surface area contributed by atoms with Crippen LogP contribution in [0.1, 0.15) is 31.9 Å². The van der Waals surface area contributed by atoms with Gasteiger partial charge < -0.3 is 7.58 Å². The number of hydrogen-bond donors (Lipinski definition) is 0.